The van der Waals surface area contributed by atoms with Gasteiger partial charge in [0, 0.05) is 6.61 Å². The summed E-state index contributed by atoms with van der Waals surface area (Å²) in [5.41, 5.74) is 0. The summed E-state index contributed by atoms with van der Waals surface area (Å²) in [5.74, 6) is 1.67. The summed E-state index contributed by atoms with van der Waals surface area (Å²) < 4.78 is 11.7. The summed E-state index contributed by atoms with van der Waals surface area (Å²) in [6.07, 6.45) is 3.79. The van der Waals surface area contributed by atoms with Crippen LogP contribution in [0.1, 0.15) is 25.0 Å². The molecule has 1 aromatic heterocycles. The first-order chi connectivity index (χ1) is 7.84. The summed E-state index contributed by atoms with van der Waals surface area (Å²) in [6.45, 7) is 3.73. The maximum absolute atomic E-state index is 5.59. The largest absolute Gasteiger partial charge is 0.452 e. The van der Waals surface area contributed by atoms with Crippen molar-refractivity contribution >= 4 is 15.9 Å². The lowest BCUT2D eigenvalue weighted by Crippen LogP contribution is -2.30. The Morgan fingerprint density at radius 3 is 3.12 bits per heavy atom. The van der Waals surface area contributed by atoms with Crippen LogP contribution in [0.15, 0.2) is 21.2 Å². The fourth-order valence-corrected chi connectivity index (χ4v) is 2.36. The van der Waals surface area contributed by atoms with Gasteiger partial charge in [-0.3, -0.25) is 0 Å². The highest BCUT2D eigenvalue weighted by atomic mass is 79.9. The first kappa shape index (κ1) is 12.1. The Balaban J connectivity index is 1.57. The zero-order chi connectivity index (χ0) is 11.2. The van der Waals surface area contributed by atoms with Crippen LogP contribution in [0.25, 0.3) is 0 Å². The molecule has 1 fully saturated rings. The standard InChI is InChI=1S/C12H18BrNO2/c13-12-4-3-11(16-12)9-15-7-5-10-2-1-6-14-8-10/h3-4,10,14H,1-2,5-9H2. The molecule has 0 spiro atoms. The minimum atomic E-state index is 0.575. The minimum absolute atomic E-state index is 0.575. The average molecular weight is 288 g/mol. The monoisotopic (exact) mass is 287 g/mol. The third-order valence-electron chi connectivity index (χ3n) is 2.94. The number of nitrogens with one attached hydrogen (secondary N) is 1. The van der Waals surface area contributed by atoms with Gasteiger partial charge < -0.3 is 14.5 Å². The lowest BCUT2D eigenvalue weighted by molar-refractivity contribution is 0.0903. The Labute approximate surface area is 105 Å². The van der Waals surface area contributed by atoms with Crippen molar-refractivity contribution in [2.24, 2.45) is 5.92 Å². The molecular weight excluding hydrogens is 270 g/mol. The lowest BCUT2D eigenvalue weighted by atomic mass is 9.97. The van der Waals surface area contributed by atoms with Gasteiger partial charge in [-0.2, -0.15) is 0 Å². The van der Waals surface area contributed by atoms with Gasteiger partial charge in [0.2, 0.25) is 0 Å². The average Bonchev–Trinajstić information content (AvgIpc) is 2.72. The van der Waals surface area contributed by atoms with E-state index in [4.69, 9.17) is 9.15 Å². The number of rotatable bonds is 5. The smallest absolute Gasteiger partial charge is 0.169 e. The molecular formula is C12H18BrNO2. The highest BCUT2D eigenvalue weighted by Crippen LogP contribution is 2.16. The molecule has 90 valence electrons. The van der Waals surface area contributed by atoms with Gasteiger partial charge in [0.15, 0.2) is 4.67 Å². The van der Waals surface area contributed by atoms with Crippen LogP contribution in [0.4, 0.5) is 0 Å². The second-order valence-electron chi connectivity index (χ2n) is 4.26. The van der Waals surface area contributed by atoms with Crippen LogP contribution in [-0.2, 0) is 11.3 Å². The molecule has 0 bridgehead atoms. The van der Waals surface area contributed by atoms with Crippen molar-refractivity contribution in [3.63, 3.8) is 0 Å². The molecule has 1 aliphatic rings. The fourth-order valence-electron chi connectivity index (χ4n) is 2.02. The predicted octanol–water partition coefficient (Wildman–Crippen LogP) is 2.95. The molecule has 1 aliphatic heterocycles. The zero-order valence-corrected chi connectivity index (χ0v) is 11.0. The van der Waals surface area contributed by atoms with Crippen molar-refractivity contribution < 1.29 is 9.15 Å². The van der Waals surface area contributed by atoms with Gasteiger partial charge in [0.1, 0.15) is 12.4 Å². The van der Waals surface area contributed by atoms with Gasteiger partial charge >= 0.3 is 0 Å². The predicted molar refractivity (Wildman–Crippen MR) is 66.3 cm³/mol. The van der Waals surface area contributed by atoms with Gasteiger partial charge in [0.05, 0.1) is 0 Å². The maximum atomic E-state index is 5.59. The number of hydrogen-bond donors (Lipinski definition) is 1. The quantitative estimate of drug-likeness (QED) is 0.846. The van der Waals surface area contributed by atoms with E-state index in [0.29, 0.717) is 6.61 Å². The summed E-state index contributed by atoms with van der Waals surface area (Å²) in [7, 11) is 0. The van der Waals surface area contributed by atoms with Crippen molar-refractivity contribution in [3.8, 4) is 0 Å². The highest BCUT2D eigenvalue weighted by Gasteiger charge is 2.12. The van der Waals surface area contributed by atoms with E-state index in [1.54, 1.807) is 0 Å². The van der Waals surface area contributed by atoms with Gasteiger partial charge in [-0.1, -0.05) is 0 Å². The molecule has 1 atom stereocenters. The van der Waals surface area contributed by atoms with Gasteiger partial charge in [0.25, 0.3) is 0 Å². The lowest BCUT2D eigenvalue weighted by Gasteiger charge is -2.22. The number of hydrogen-bond acceptors (Lipinski definition) is 3. The molecule has 2 heterocycles. The van der Waals surface area contributed by atoms with E-state index in [2.05, 4.69) is 21.2 Å². The van der Waals surface area contributed by atoms with E-state index in [0.717, 1.165) is 35.9 Å². The van der Waals surface area contributed by atoms with Crippen molar-refractivity contribution in [2.45, 2.75) is 25.9 Å². The van der Waals surface area contributed by atoms with Crippen LogP contribution < -0.4 is 5.32 Å². The van der Waals surface area contributed by atoms with Crippen LogP contribution in [0.2, 0.25) is 0 Å². The van der Waals surface area contributed by atoms with Crippen LogP contribution >= 0.6 is 15.9 Å². The molecule has 0 radical (unpaired) electrons. The molecule has 1 saturated heterocycles. The first-order valence-corrected chi connectivity index (χ1v) is 6.66. The Bertz CT molecular complexity index is 308. The maximum Gasteiger partial charge on any atom is 0.169 e. The van der Waals surface area contributed by atoms with Crippen molar-refractivity contribution in [3.05, 3.63) is 22.6 Å². The van der Waals surface area contributed by atoms with Crippen molar-refractivity contribution in [1.82, 2.24) is 5.32 Å². The Kier molecular flexibility index (Phi) is 4.88. The second kappa shape index (κ2) is 6.42. The molecule has 1 N–H and O–H groups in total. The molecule has 0 amide bonds. The molecule has 1 unspecified atom stereocenters. The molecule has 0 aromatic carbocycles. The van der Waals surface area contributed by atoms with E-state index >= 15 is 0 Å². The third-order valence-corrected chi connectivity index (χ3v) is 3.37. The van der Waals surface area contributed by atoms with E-state index < -0.39 is 0 Å². The molecule has 3 nitrogen and oxygen atoms in total. The van der Waals surface area contributed by atoms with Gasteiger partial charge in [-0.25, -0.2) is 0 Å². The Morgan fingerprint density at radius 1 is 1.50 bits per heavy atom. The van der Waals surface area contributed by atoms with E-state index in [-0.39, 0.29) is 0 Å². The molecule has 4 heteroatoms. The van der Waals surface area contributed by atoms with Crippen LogP contribution in [-0.4, -0.2) is 19.7 Å². The van der Waals surface area contributed by atoms with Crippen molar-refractivity contribution in [2.75, 3.05) is 19.7 Å². The summed E-state index contributed by atoms with van der Waals surface area (Å²) in [5, 5.41) is 3.42. The van der Waals surface area contributed by atoms with Crippen LogP contribution in [0.3, 0.4) is 0 Å². The summed E-state index contributed by atoms with van der Waals surface area (Å²) in [4.78, 5) is 0. The van der Waals surface area contributed by atoms with Gasteiger partial charge in [-0.05, 0) is 66.3 Å². The number of halogens is 1. The topological polar surface area (TPSA) is 34.4 Å². The van der Waals surface area contributed by atoms with Crippen LogP contribution in [0.5, 0.6) is 0 Å². The first-order valence-electron chi connectivity index (χ1n) is 5.87. The fraction of sp³-hybridized carbons (Fsp3) is 0.667. The Hall–Kier alpha value is -0.320. The molecule has 0 saturated carbocycles. The SMILES string of the molecule is Brc1ccc(COCCC2CCCNC2)o1. The normalized spacial score (nSPS) is 21.2. The second-order valence-corrected chi connectivity index (χ2v) is 5.04. The molecule has 16 heavy (non-hydrogen) atoms. The molecule has 1 aromatic rings. The molecule has 0 aliphatic carbocycles. The number of furan rings is 1. The minimum Gasteiger partial charge on any atom is -0.452 e. The van der Waals surface area contributed by atoms with E-state index in [1.165, 1.54) is 19.4 Å². The molecule has 2 rings (SSSR count). The summed E-state index contributed by atoms with van der Waals surface area (Å²) >= 11 is 3.27. The number of ether oxygens (including phenoxy) is 1. The van der Waals surface area contributed by atoms with E-state index in [9.17, 15) is 0 Å². The van der Waals surface area contributed by atoms with Crippen LogP contribution in [0, 0.1) is 5.92 Å². The third kappa shape index (κ3) is 3.92. The number of piperidine rings is 1. The zero-order valence-electron chi connectivity index (χ0n) is 9.38. The summed E-state index contributed by atoms with van der Waals surface area (Å²) in [6, 6.07) is 3.83. The van der Waals surface area contributed by atoms with E-state index in [1.807, 2.05) is 12.1 Å². The van der Waals surface area contributed by atoms with Crippen molar-refractivity contribution in [1.29, 1.82) is 0 Å². The van der Waals surface area contributed by atoms with Gasteiger partial charge in [-0.15, -0.1) is 0 Å². The highest BCUT2D eigenvalue weighted by molar-refractivity contribution is 9.10. The Morgan fingerprint density at radius 2 is 2.44 bits per heavy atom.